The van der Waals surface area contributed by atoms with Crippen molar-refractivity contribution in [1.82, 2.24) is 15.1 Å². The average Bonchev–Trinajstić information content (AvgIpc) is 3.61. The number of benzene rings is 2. The molecule has 7 nitrogen and oxygen atoms in total. The van der Waals surface area contributed by atoms with Gasteiger partial charge in [0.25, 0.3) is 0 Å². The lowest BCUT2D eigenvalue weighted by molar-refractivity contribution is -0.0497. The van der Waals surface area contributed by atoms with Crippen LogP contribution in [0.5, 0.6) is 5.75 Å². The summed E-state index contributed by atoms with van der Waals surface area (Å²) in [6.45, 7) is 0.588. The van der Waals surface area contributed by atoms with E-state index in [0.29, 0.717) is 19.6 Å². The lowest BCUT2D eigenvalue weighted by Crippen LogP contribution is -2.56. The first-order valence-corrected chi connectivity index (χ1v) is 11.2. The van der Waals surface area contributed by atoms with E-state index in [0.717, 1.165) is 35.6 Å². The maximum Gasteiger partial charge on any atom is 0.409 e. The fourth-order valence-corrected chi connectivity index (χ4v) is 4.61. The van der Waals surface area contributed by atoms with Gasteiger partial charge in [0.05, 0.1) is 13.2 Å². The Kier molecular flexibility index (Phi) is 6.85. The van der Waals surface area contributed by atoms with Crippen molar-refractivity contribution in [3.8, 4) is 5.75 Å². The molecule has 2 fully saturated rings. The van der Waals surface area contributed by atoms with E-state index in [1.54, 1.807) is 17.0 Å². The highest BCUT2D eigenvalue weighted by Crippen LogP contribution is 2.33. The fraction of sp³-hybridized carbons (Fsp3) is 0.500. The maximum atomic E-state index is 13.2. The van der Waals surface area contributed by atoms with Crippen LogP contribution in [0.4, 0.5) is 18.4 Å². The first-order chi connectivity index (χ1) is 15.8. The second-order valence-corrected chi connectivity index (χ2v) is 8.89. The molecule has 0 radical (unpaired) electrons. The number of methoxy groups -OCH3 is 1. The molecule has 0 bridgehead atoms. The summed E-state index contributed by atoms with van der Waals surface area (Å²) >= 11 is 0. The van der Waals surface area contributed by atoms with Crippen molar-refractivity contribution < 1.29 is 27.8 Å². The van der Waals surface area contributed by atoms with Crippen LogP contribution in [0, 0.1) is 5.92 Å². The van der Waals surface area contributed by atoms with Gasteiger partial charge >= 0.3 is 18.7 Å². The molecule has 2 aromatic rings. The van der Waals surface area contributed by atoms with Crippen molar-refractivity contribution >= 4 is 22.9 Å². The highest BCUT2D eigenvalue weighted by Gasteiger charge is 2.41. The molecule has 1 aliphatic carbocycles. The molecule has 3 amide bonds. The SMILES string of the molecule is COC(=O)N1CC(C)CC(N(C(=O)NCc2ccc3ccc(OC(F)F)cc3c2)C2CC2)C1. The number of hydrogen-bond donors (Lipinski definition) is 1. The molecule has 2 aliphatic rings. The van der Waals surface area contributed by atoms with Crippen LogP contribution in [0.15, 0.2) is 36.4 Å². The Labute approximate surface area is 191 Å². The molecule has 1 N–H and O–H groups in total. The van der Waals surface area contributed by atoms with E-state index in [2.05, 4.69) is 17.0 Å². The Morgan fingerprint density at radius 2 is 1.88 bits per heavy atom. The van der Waals surface area contributed by atoms with Crippen molar-refractivity contribution in [2.45, 2.75) is 51.4 Å². The van der Waals surface area contributed by atoms with Gasteiger partial charge in [0.1, 0.15) is 5.75 Å². The van der Waals surface area contributed by atoms with E-state index in [1.807, 2.05) is 23.1 Å². The number of nitrogens with zero attached hydrogens (tertiary/aromatic N) is 2. The summed E-state index contributed by atoms with van der Waals surface area (Å²) in [6.07, 6.45) is 2.38. The van der Waals surface area contributed by atoms with Gasteiger partial charge in [0, 0.05) is 25.7 Å². The van der Waals surface area contributed by atoms with Crippen molar-refractivity contribution in [2.75, 3.05) is 20.2 Å². The summed E-state index contributed by atoms with van der Waals surface area (Å²) in [5, 5.41) is 4.66. The molecule has 2 aromatic carbocycles. The number of urea groups is 1. The molecule has 33 heavy (non-hydrogen) atoms. The standard InChI is InChI=1S/C24H29F2N3O4/c1-15-9-20(14-28(13-15)24(31)32-2)29(19-6-7-19)23(30)27-12-16-3-4-17-5-8-21(33-22(25)26)11-18(17)10-16/h3-5,8,10-11,15,19-20,22H,6-7,9,12-14H2,1-2H3,(H,27,30). The number of hydrogen-bond acceptors (Lipinski definition) is 4. The molecule has 2 atom stereocenters. The highest BCUT2D eigenvalue weighted by molar-refractivity contribution is 5.84. The summed E-state index contributed by atoms with van der Waals surface area (Å²) in [7, 11) is 1.37. The molecule has 0 aromatic heterocycles. The number of nitrogens with one attached hydrogen (secondary N) is 1. The summed E-state index contributed by atoms with van der Waals surface area (Å²) in [5.74, 6) is 0.363. The Morgan fingerprint density at radius 3 is 2.58 bits per heavy atom. The van der Waals surface area contributed by atoms with Gasteiger partial charge in [-0.2, -0.15) is 8.78 Å². The van der Waals surface area contributed by atoms with E-state index in [-0.39, 0.29) is 35.9 Å². The second kappa shape index (κ2) is 9.80. The normalized spacial score (nSPS) is 20.6. The number of halogens is 2. The second-order valence-electron chi connectivity index (χ2n) is 8.89. The minimum atomic E-state index is -2.88. The minimum absolute atomic E-state index is 0.0639. The Balaban J connectivity index is 1.44. The number of carbonyl (C=O) groups excluding carboxylic acids is 2. The Bertz CT molecular complexity index is 1010. The molecular formula is C24H29F2N3O4. The van der Waals surface area contributed by atoms with Crippen LogP contribution in [0.25, 0.3) is 10.8 Å². The number of rotatable bonds is 6. The number of carbonyl (C=O) groups is 2. The molecule has 178 valence electrons. The summed E-state index contributed by atoms with van der Waals surface area (Å²) in [4.78, 5) is 28.8. The van der Waals surface area contributed by atoms with Crippen LogP contribution in [-0.4, -0.2) is 60.8 Å². The van der Waals surface area contributed by atoms with Gasteiger partial charge in [-0.15, -0.1) is 0 Å². The van der Waals surface area contributed by atoms with Crippen LogP contribution in [0.3, 0.4) is 0 Å². The van der Waals surface area contributed by atoms with Crippen LogP contribution in [0.2, 0.25) is 0 Å². The van der Waals surface area contributed by atoms with Crippen molar-refractivity contribution in [3.63, 3.8) is 0 Å². The van der Waals surface area contributed by atoms with Gasteiger partial charge in [0.2, 0.25) is 0 Å². The molecule has 9 heteroatoms. The predicted molar refractivity (Wildman–Crippen MR) is 119 cm³/mol. The van der Waals surface area contributed by atoms with E-state index in [9.17, 15) is 18.4 Å². The molecule has 1 aliphatic heterocycles. The van der Waals surface area contributed by atoms with Crippen molar-refractivity contribution in [3.05, 3.63) is 42.0 Å². The van der Waals surface area contributed by atoms with Gasteiger partial charge in [-0.1, -0.05) is 25.1 Å². The van der Waals surface area contributed by atoms with Gasteiger partial charge in [0.15, 0.2) is 0 Å². The third-order valence-corrected chi connectivity index (χ3v) is 6.18. The molecule has 0 spiro atoms. The number of piperidine rings is 1. The molecule has 4 rings (SSSR count). The van der Waals surface area contributed by atoms with E-state index >= 15 is 0 Å². The molecule has 1 heterocycles. The van der Waals surface area contributed by atoms with E-state index in [1.165, 1.54) is 13.2 Å². The lowest BCUT2D eigenvalue weighted by Gasteiger charge is -2.41. The monoisotopic (exact) mass is 461 g/mol. The Hall–Kier alpha value is -3.10. The lowest BCUT2D eigenvalue weighted by atomic mass is 9.95. The van der Waals surface area contributed by atoms with Crippen molar-refractivity contribution in [2.24, 2.45) is 5.92 Å². The highest BCUT2D eigenvalue weighted by atomic mass is 19.3. The molecule has 2 unspecified atom stereocenters. The first-order valence-electron chi connectivity index (χ1n) is 11.2. The van der Waals surface area contributed by atoms with E-state index < -0.39 is 6.61 Å². The van der Waals surface area contributed by atoms with Gasteiger partial charge in [-0.25, -0.2) is 9.59 Å². The van der Waals surface area contributed by atoms with E-state index in [4.69, 9.17) is 4.74 Å². The summed E-state index contributed by atoms with van der Waals surface area (Å²) in [5.41, 5.74) is 0.856. The third-order valence-electron chi connectivity index (χ3n) is 6.18. The number of fused-ring (bicyclic) bond motifs is 1. The maximum absolute atomic E-state index is 13.2. The number of alkyl halides is 2. The predicted octanol–water partition coefficient (Wildman–Crippen LogP) is 4.59. The number of likely N-dealkylation sites (tertiary alicyclic amines) is 1. The zero-order valence-corrected chi connectivity index (χ0v) is 18.8. The van der Waals surface area contributed by atoms with Gasteiger partial charge < -0.3 is 24.6 Å². The smallest absolute Gasteiger partial charge is 0.409 e. The first kappa shape index (κ1) is 23.1. The fourth-order valence-electron chi connectivity index (χ4n) is 4.61. The summed E-state index contributed by atoms with van der Waals surface area (Å²) in [6, 6.07) is 10.4. The molecule has 1 saturated carbocycles. The minimum Gasteiger partial charge on any atom is -0.453 e. The van der Waals surface area contributed by atoms with Crippen molar-refractivity contribution in [1.29, 1.82) is 0 Å². The van der Waals surface area contributed by atoms with Crippen LogP contribution in [-0.2, 0) is 11.3 Å². The third kappa shape index (κ3) is 5.64. The van der Waals surface area contributed by atoms with Gasteiger partial charge in [-0.3, -0.25) is 0 Å². The van der Waals surface area contributed by atoms with Crippen LogP contribution < -0.4 is 10.1 Å². The number of ether oxygens (including phenoxy) is 2. The largest absolute Gasteiger partial charge is 0.453 e. The quantitative estimate of drug-likeness (QED) is 0.683. The molecule has 1 saturated heterocycles. The van der Waals surface area contributed by atoms with Crippen LogP contribution in [0.1, 0.15) is 31.7 Å². The zero-order chi connectivity index (χ0) is 23.5. The Morgan fingerprint density at radius 1 is 1.12 bits per heavy atom. The zero-order valence-electron chi connectivity index (χ0n) is 18.8. The number of amides is 3. The molecular weight excluding hydrogens is 432 g/mol. The average molecular weight is 462 g/mol. The topological polar surface area (TPSA) is 71.1 Å². The van der Waals surface area contributed by atoms with Gasteiger partial charge in [-0.05, 0) is 59.7 Å². The summed E-state index contributed by atoms with van der Waals surface area (Å²) < 4.78 is 34.4. The van der Waals surface area contributed by atoms with Crippen LogP contribution >= 0.6 is 0 Å².